The summed E-state index contributed by atoms with van der Waals surface area (Å²) >= 11 is 1.46. The summed E-state index contributed by atoms with van der Waals surface area (Å²) in [4.78, 5) is 33.8. The molecule has 11 nitrogen and oxygen atoms in total. The van der Waals surface area contributed by atoms with Crippen molar-refractivity contribution in [3.05, 3.63) is 48.3 Å². The number of anilines is 2. The Morgan fingerprint density at radius 2 is 2.00 bits per heavy atom. The molecule has 0 aromatic carbocycles. The smallest absolute Gasteiger partial charge is 0.411 e. The maximum Gasteiger partial charge on any atom is 0.411 e. The number of carbonyl (C=O) groups is 2. The van der Waals surface area contributed by atoms with Gasteiger partial charge in [-0.25, -0.2) is 9.31 Å². The van der Waals surface area contributed by atoms with Gasteiger partial charge in [-0.2, -0.15) is 10.2 Å². The van der Waals surface area contributed by atoms with Crippen molar-refractivity contribution < 1.29 is 14.3 Å². The largest absolute Gasteiger partial charge is 0.448 e. The van der Waals surface area contributed by atoms with Crippen LogP contribution in [0.5, 0.6) is 0 Å². The monoisotopic (exact) mass is 522 g/mol. The number of pyridine rings is 1. The average molecular weight is 523 g/mol. The zero-order valence-electron chi connectivity index (χ0n) is 21.3. The number of likely N-dealkylation sites (tertiary alicyclic amines) is 1. The van der Waals surface area contributed by atoms with Gasteiger partial charge in [0.05, 0.1) is 46.1 Å². The Morgan fingerprint density at radius 1 is 1.16 bits per heavy atom. The van der Waals surface area contributed by atoms with E-state index in [9.17, 15) is 9.59 Å². The van der Waals surface area contributed by atoms with Crippen LogP contribution in [0.1, 0.15) is 42.7 Å². The van der Waals surface area contributed by atoms with Gasteiger partial charge in [-0.3, -0.25) is 24.7 Å². The molecule has 194 valence electrons. The number of carbonyl (C=O) groups excluding carboxylic acids is 2. The molecule has 0 spiro atoms. The predicted octanol–water partition coefficient (Wildman–Crippen LogP) is 4.17. The molecular weight excluding hydrogens is 492 g/mol. The number of aryl methyl sites for hydroxylation is 2. The van der Waals surface area contributed by atoms with E-state index in [1.807, 2.05) is 19.4 Å². The third-order valence-corrected chi connectivity index (χ3v) is 7.84. The highest BCUT2D eigenvalue weighted by molar-refractivity contribution is 7.21. The number of rotatable bonds is 7. The summed E-state index contributed by atoms with van der Waals surface area (Å²) in [6.45, 7) is 8.22. The van der Waals surface area contributed by atoms with Gasteiger partial charge in [0, 0.05) is 37.1 Å². The molecule has 4 aromatic heterocycles. The van der Waals surface area contributed by atoms with Gasteiger partial charge < -0.3 is 10.1 Å². The van der Waals surface area contributed by atoms with Crippen molar-refractivity contribution >= 4 is 39.5 Å². The maximum absolute atomic E-state index is 13.1. The number of hydrogen-bond acceptors (Lipinski definition) is 8. The lowest BCUT2D eigenvalue weighted by atomic mass is 10.0. The van der Waals surface area contributed by atoms with Crippen LogP contribution in [-0.4, -0.2) is 66.5 Å². The summed E-state index contributed by atoms with van der Waals surface area (Å²) in [6.07, 6.45) is 10.4. The highest BCUT2D eigenvalue weighted by Crippen LogP contribution is 2.31. The van der Waals surface area contributed by atoms with Crippen molar-refractivity contribution in [3.63, 3.8) is 0 Å². The lowest BCUT2D eigenvalue weighted by molar-refractivity contribution is 0.102. The Labute approximate surface area is 218 Å². The standard InChI is InChI=1S/C25H30N8O3S/c1-16-20(10-18(12-26-16)29-24(35)36-9-8-32-7-5-6-25(32,2)3)30-22(34)19-13-28-33-15-21(37-23(19)33)17-11-27-31(4)14-17/h10-15H,5-9H2,1-4H3,(H,29,35)(H,30,34). The minimum atomic E-state index is -0.556. The molecule has 0 bridgehead atoms. The molecule has 37 heavy (non-hydrogen) atoms. The van der Waals surface area contributed by atoms with E-state index in [0.29, 0.717) is 35.8 Å². The van der Waals surface area contributed by atoms with Crippen LogP contribution in [0.4, 0.5) is 16.2 Å². The molecule has 12 heteroatoms. The van der Waals surface area contributed by atoms with Crippen LogP contribution < -0.4 is 10.6 Å². The molecule has 1 saturated heterocycles. The third kappa shape index (κ3) is 5.35. The van der Waals surface area contributed by atoms with Gasteiger partial charge in [0.15, 0.2) is 0 Å². The fourth-order valence-corrected chi connectivity index (χ4v) is 5.55. The molecule has 2 N–H and O–H groups in total. The van der Waals surface area contributed by atoms with Crippen LogP contribution >= 0.6 is 11.3 Å². The number of nitrogens with zero attached hydrogens (tertiary/aromatic N) is 6. The second-order valence-corrected chi connectivity index (χ2v) is 10.8. The fraction of sp³-hybridized carbons (Fsp3) is 0.400. The average Bonchev–Trinajstić information content (AvgIpc) is 3.60. The zero-order chi connectivity index (χ0) is 26.2. The van der Waals surface area contributed by atoms with E-state index < -0.39 is 6.09 Å². The SMILES string of the molecule is Cc1ncc(NC(=O)OCCN2CCCC2(C)C)cc1NC(=O)c1cnn2cc(-c3cnn(C)c3)sc12. The fourth-order valence-electron chi connectivity index (χ4n) is 4.52. The van der Waals surface area contributed by atoms with Gasteiger partial charge in [0.2, 0.25) is 0 Å². The lowest BCUT2D eigenvalue weighted by Crippen LogP contribution is -2.40. The van der Waals surface area contributed by atoms with Gasteiger partial charge in [0.25, 0.3) is 5.91 Å². The first kappa shape index (κ1) is 24.9. The highest BCUT2D eigenvalue weighted by atomic mass is 32.1. The Bertz CT molecular complexity index is 1450. The number of aromatic nitrogens is 5. The van der Waals surface area contributed by atoms with Crippen molar-refractivity contribution in [1.29, 1.82) is 0 Å². The van der Waals surface area contributed by atoms with Crippen LogP contribution in [0, 0.1) is 6.92 Å². The van der Waals surface area contributed by atoms with Crippen LogP contribution in [0.15, 0.2) is 37.1 Å². The highest BCUT2D eigenvalue weighted by Gasteiger charge is 2.31. The van der Waals surface area contributed by atoms with E-state index in [1.165, 1.54) is 23.7 Å². The second kappa shape index (κ2) is 9.94. The number of nitrogens with one attached hydrogen (secondary N) is 2. The van der Waals surface area contributed by atoms with E-state index in [4.69, 9.17) is 4.74 Å². The number of ether oxygens (including phenoxy) is 1. The number of amides is 2. The van der Waals surface area contributed by atoms with Crippen LogP contribution in [0.2, 0.25) is 0 Å². The Kier molecular flexibility index (Phi) is 6.69. The minimum absolute atomic E-state index is 0.137. The summed E-state index contributed by atoms with van der Waals surface area (Å²) in [5.74, 6) is -0.313. The van der Waals surface area contributed by atoms with Crippen molar-refractivity contribution in [2.24, 2.45) is 7.05 Å². The topological polar surface area (TPSA) is 119 Å². The maximum atomic E-state index is 13.1. The lowest BCUT2D eigenvalue weighted by Gasteiger charge is -2.31. The van der Waals surface area contributed by atoms with Gasteiger partial charge in [-0.15, -0.1) is 11.3 Å². The first-order chi connectivity index (χ1) is 17.7. The molecule has 0 saturated carbocycles. The molecule has 1 aliphatic heterocycles. The molecule has 4 aromatic rings. The summed E-state index contributed by atoms with van der Waals surface area (Å²) in [7, 11) is 1.86. The van der Waals surface area contributed by atoms with Crippen LogP contribution in [-0.2, 0) is 11.8 Å². The Morgan fingerprint density at radius 3 is 2.73 bits per heavy atom. The third-order valence-electron chi connectivity index (χ3n) is 6.68. The molecule has 2 amide bonds. The molecule has 0 unspecified atom stereocenters. The van der Waals surface area contributed by atoms with E-state index in [0.717, 1.165) is 34.7 Å². The van der Waals surface area contributed by atoms with Crippen LogP contribution in [0.25, 0.3) is 15.3 Å². The van der Waals surface area contributed by atoms with Crippen molar-refractivity contribution in [1.82, 2.24) is 29.3 Å². The van der Waals surface area contributed by atoms with Gasteiger partial charge in [0.1, 0.15) is 11.4 Å². The van der Waals surface area contributed by atoms with Crippen molar-refractivity contribution in [3.8, 4) is 10.4 Å². The quantitative estimate of drug-likeness (QED) is 0.374. The predicted molar refractivity (Wildman–Crippen MR) is 142 cm³/mol. The summed E-state index contributed by atoms with van der Waals surface area (Å²) in [6, 6.07) is 1.67. The van der Waals surface area contributed by atoms with E-state index in [-0.39, 0.29) is 11.4 Å². The van der Waals surface area contributed by atoms with E-state index >= 15 is 0 Å². The van der Waals surface area contributed by atoms with E-state index in [2.05, 4.69) is 44.6 Å². The zero-order valence-corrected chi connectivity index (χ0v) is 22.1. The minimum Gasteiger partial charge on any atom is -0.448 e. The molecular formula is C25H30N8O3S. The molecule has 0 aliphatic carbocycles. The van der Waals surface area contributed by atoms with Crippen LogP contribution in [0.3, 0.4) is 0 Å². The molecule has 0 atom stereocenters. The van der Waals surface area contributed by atoms with Crippen molar-refractivity contribution in [2.75, 3.05) is 30.3 Å². The van der Waals surface area contributed by atoms with Gasteiger partial charge >= 0.3 is 6.09 Å². The Hall–Kier alpha value is -3.77. The Balaban J connectivity index is 1.22. The number of hydrogen-bond donors (Lipinski definition) is 2. The molecule has 1 fully saturated rings. The van der Waals surface area contributed by atoms with E-state index in [1.54, 1.807) is 28.4 Å². The van der Waals surface area contributed by atoms with Gasteiger partial charge in [-0.05, 0) is 46.2 Å². The number of thiazole rings is 1. The molecule has 5 heterocycles. The first-order valence-corrected chi connectivity index (χ1v) is 12.9. The summed E-state index contributed by atoms with van der Waals surface area (Å²) < 4.78 is 8.79. The van der Waals surface area contributed by atoms with Crippen molar-refractivity contribution in [2.45, 2.75) is 39.2 Å². The number of fused-ring (bicyclic) bond motifs is 1. The first-order valence-electron chi connectivity index (χ1n) is 12.1. The normalized spacial score (nSPS) is 15.2. The summed E-state index contributed by atoms with van der Waals surface area (Å²) in [5, 5.41) is 14.1. The molecule has 1 aliphatic rings. The molecule has 0 radical (unpaired) electrons. The molecule has 5 rings (SSSR count). The van der Waals surface area contributed by atoms with Gasteiger partial charge in [-0.1, -0.05) is 0 Å². The second-order valence-electron chi connectivity index (χ2n) is 9.78. The summed E-state index contributed by atoms with van der Waals surface area (Å²) in [5.41, 5.74) is 3.08.